The molecule has 0 radical (unpaired) electrons. The molecule has 1 saturated carbocycles. The van der Waals surface area contributed by atoms with Crippen molar-refractivity contribution in [1.82, 2.24) is 15.1 Å². The van der Waals surface area contributed by atoms with E-state index in [0.29, 0.717) is 18.9 Å². The molecule has 4 aliphatic heterocycles. The Morgan fingerprint density at radius 2 is 1.90 bits per heavy atom. The fourth-order valence-electron chi connectivity index (χ4n) is 7.19. The standard InChI is InChI=1S/C29H41N3O7/c1-19-9-10-23-20(2)26(36)32(27-29(23)22(19)11-13-28(3,37-27)38-39-29)14-12-25(35)31(15-16-33)18-24(34)30-17-21-7-5-4-6-8-21/h4-8,19-20,22-23,27,33H,9-18H2,1-3H3,(H,30,34)/t19-,20-,22+,23+,27-,28-,29-/m1/s1. The molecule has 1 aromatic rings. The molecule has 2 bridgehead atoms. The van der Waals surface area contributed by atoms with Crippen LogP contribution in [0.4, 0.5) is 0 Å². The molecule has 10 heteroatoms. The molecule has 3 amide bonds. The van der Waals surface area contributed by atoms with Gasteiger partial charge in [0.2, 0.25) is 23.5 Å². The smallest absolute Gasteiger partial charge is 0.239 e. The number of aliphatic hydroxyl groups is 1. The number of amides is 3. The third-order valence-electron chi connectivity index (χ3n) is 9.31. The van der Waals surface area contributed by atoms with Gasteiger partial charge >= 0.3 is 0 Å². The molecule has 4 saturated heterocycles. The lowest BCUT2D eigenvalue weighted by atomic mass is 9.57. The predicted octanol–water partition coefficient (Wildman–Crippen LogP) is 2.21. The van der Waals surface area contributed by atoms with Gasteiger partial charge < -0.3 is 25.0 Å². The topological polar surface area (TPSA) is 118 Å². The van der Waals surface area contributed by atoms with Gasteiger partial charge in [0, 0.05) is 44.3 Å². The minimum absolute atomic E-state index is 0.00280. The van der Waals surface area contributed by atoms with Crippen LogP contribution in [0.2, 0.25) is 0 Å². The van der Waals surface area contributed by atoms with Gasteiger partial charge in [0.15, 0.2) is 11.8 Å². The van der Waals surface area contributed by atoms with Gasteiger partial charge in [-0.25, -0.2) is 9.78 Å². The zero-order chi connectivity index (χ0) is 27.8. The Morgan fingerprint density at radius 3 is 2.64 bits per heavy atom. The Kier molecular flexibility index (Phi) is 8.01. The summed E-state index contributed by atoms with van der Waals surface area (Å²) in [6.45, 7) is 6.11. The minimum atomic E-state index is -0.958. The molecule has 2 N–H and O–H groups in total. The molecule has 10 nitrogen and oxygen atoms in total. The number of hydrogen-bond donors (Lipinski definition) is 2. The molecule has 0 aromatic heterocycles. The Hall–Kier alpha value is -2.53. The second-order valence-corrected chi connectivity index (χ2v) is 11.8. The highest BCUT2D eigenvalue weighted by molar-refractivity contribution is 5.85. The number of nitrogens with one attached hydrogen (secondary N) is 1. The van der Waals surface area contributed by atoms with Crippen molar-refractivity contribution in [2.24, 2.45) is 23.7 Å². The Labute approximate surface area is 229 Å². The summed E-state index contributed by atoms with van der Waals surface area (Å²) in [6.07, 6.45) is 2.81. The summed E-state index contributed by atoms with van der Waals surface area (Å²) in [5, 5.41) is 12.4. The van der Waals surface area contributed by atoms with E-state index < -0.39 is 17.6 Å². The first-order valence-corrected chi connectivity index (χ1v) is 14.2. The van der Waals surface area contributed by atoms with Gasteiger partial charge in [-0.2, -0.15) is 0 Å². The van der Waals surface area contributed by atoms with E-state index in [1.54, 1.807) is 4.90 Å². The number of aliphatic hydroxyl groups excluding tert-OH is 1. The Morgan fingerprint density at radius 1 is 1.13 bits per heavy atom. The van der Waals surface area contributed by atoms with Crippen molar-refractivity contribution in [3.63, 3.8) is 0 Å². The maximum absolute atomic E-state index is 13.7. The van der Waals surface area contributed by atoms with Crippen molar-refractivity contribution in [1.29, 1.82) is 0 Å². The molecule has 4 heterocycles. The summed E-state index contributed by atoms with van der Waals surface area (Å²) in [5.74, 6) is -1.37. The van der Waals surface area contributed by atoms with Gasteiger partial charge in [0.25, 0.3) is 0 Å². The maximum Gasteiger partial charge on any atom is 0.239 e. The van der Waals surface area contributed by atoms with Gasteiger partial charge in [-0.15, -0.1) is 0 Å². The summed E-state index contributed by atoms with van der Waals surface area (Å²) in [4.78, 5) is 54.7. The third kappa shape index (κ3) is 5.19. The predicted molar refractivity (Wildman–Crippen MR) is 140 cm³/mol. The van der Waals surface area contributed by atoms with E-state index >= 15 is 0 Å². The SMILES string of the molecule is C[C@@H]1CC[C@H]2[C@@H](C)C(=O)N(CCC(=O)N(CCO)CC(=O)NCc3ccccc3)[C@@H]3O[C@@]4(C)CC[C@@H]1[C@@]23OO4. The van der Waals surface area contributed by atoms with Crippen molar-refractivity contribution in [3.05, 3.63) is 35.9 Å². The lowest BCUT2D eigenvalue weighted by Gasteiger charge is -2.61. The summed E-state index contributed by atoms with van der Waals surface area (Å²) >= 11 is 0. The number of carbonyl (C=O) groups is 3. The molecule has 0 unspecified atom stereocenters. The molecule has 1 aromatic carbocycles. The maximum atomic E-state index is 13.7. The molecule has 1 spiro atoms. The van der Waals surface area contributed by atoms with Crippen LogP contribution in [0.25, 0.3) is 0 Å². The van der Waals surface area contributed by atoms with E-state index in [1.807, 2.05) is 44.2 Å². The van der Waals surface area contributed by atoms with Gasteiger partial charge in [0.05, 0.1) is 13.2 Å². The number of likely N-dealkylation sites (tertiary alicyclic amines) is 1. The van der Waals surface area contributed by atoms with Crippen LogP contribution in [-0.4, -0.2) is 76.5 Å². The van der Waals surface area contributed by atoms with Crippen LogP contribution in [0.1, 0.15) is 58.4 Å². The zero-order valence-electron chi connectivity index (χ0n) is 23.1. The van der Waals surface area contributed by atoms with Crippen molar-refractivity contribution in [2.45, 2.75) is 77.0 Å². The van der Waals surface area contributed by atoms with E-state index in [-0.39, 0.29) is 68.1 Å². The number of benzene rings is 1. The molecule has 214 valence electrons. The van der Waals surface area contributed by atoms with Gasteiger partial charge in [-0.3, -0.25) is 14.4 Å². The summed E-state index contributed by atoms with van der Waals surface area (Å²) < 4.78 is 6.52. The van der Waals surface area contributed by atoms with Gasteiger partial charge in [-0.05, 0) is 43.6 Å². The zero-order valence-corrected chi connectivity index (χ0v) is 23.1. The number of rotatable bonds is 9. The van der Waals surface area contributed by atoms with Crippen molar-refractivity contribution in [3.8, 4) is 0 Å². The Bertz CT molecular complexity index is 1070. The monoisotopic (exact) mass is 543 g/mol. The lowest BCUT2D eigenvalue weighted by molar-refractivity contribution is -0.547. The number of piperidine rings is 1. The fourth-order valence-corrected chi connectivity index (χ4v) is 7.19. The largest absolute Gasteiger partial charge is 0.395 e. The molecule has 6 rings (SSSR count). The molecule has 5 fully saturated rings. The molecule has 39 heavy (non-hydrogen) atoms. The van der Waals surface area contributed by atoms with E-state index in [0.717, 1.165) is 24.8 Å². The first-order chi connectivity index (χ1) is 18.7. The normalized spacial score (nSPS) is 35.2. The highest BCUT2D eigenvalue weighted by Crippen LogP contribution is 2.60. The molecule has 7 atom stereocenters. The summed E-state index contributed by atoms with van der Waals surface area (Å²) in [6, 6.07) is 9.51. The van der Waals surface area contributed by atoms with Crippen LogP contribution in [-0.2, 0) is 35.4 Å². The molecular weight excluding hydrogens is 502 g/mol. The first-order valence-electron chi connectivity index (χ1n) is 14.2. The fraction of sp³-hybridized carbons (Fsp3) is 0.690. The molecular formula is C29H41N3O7. The highest BCUT2D eigenvalue weighted by Gasteiger charge is 2.70. The van der Waals surface area contributed by atoms with Crippen LogP contribution >= 0.6 is 0 Å². The second-order valence-electron chi connectivity index (χ2n) is 11.8. The second kappa shape index (κ2) is 11.2. The van der Waals surface area contributed by atoms with E-state index in [4.69, 9.17) is 14.5 Å². The van der Waals surface area contributed by atoms with Crippen molar-refractivity contribution < 1.29 is 34.0 Å². The molecule has 5 aliphatic rings. The number of ether oxygens (including phenoxy) is 1. The van der Waals surface area contributed by atoms with E-state index in [2.05, 4.69) is 12.2 Å². The van der Waals surface area contributed by atoms with Gasteiger partial charge in [-0.1, -0.05) is 44.2 Å². The minimum Gasteiger partial charge on any atom is -0.395 e. The van der Waals surface area contributed by atoms with Crippen LogP contribution < -0.4 is 5.32 Å². The Balaban J connectivity index is 1.28. The van der Waals surface area contributed by atoms with Crippen molar-refractivity contribution in [2.75, 3.05) is 26.2 Å². The van der Waals surface area contributed by atoms with Crippen LogP contribution in [0.3, 0.4) is 0 Å². The number of nitrogens with zero attached hydrogens (tertiary/aromatic N) is 2. The van der Waals surface area contributed by atoms with Crippen molar-refractivity contribution >= 4 is 17.7 Å². The quantitative estimate of drug-likeness (QED) is 0.459. The first kappa shape index (κ1) is 28.0. The number of fused-ring (bicyclic) bond motifs is 2. The highest BCUT2D eigenvalue weighted by atomic mass is 17.3. The van der Waals surface area contributed by atoms with Crippen LogP contribution in [0, 0.1) is 23.7 Å². The lowest BCUT2D eigenvalue weighted by Crippen LogP contribution is -2.75. The van der Waals surface area contributed by atoms with Gasteiger partial charge in [0.1, 0.15) is 0 Å². The average molecular weight is 544 g/mol. The van der Waals surface area contributed by atoms with Crippen LogP contribution in [0.15, 0.2) is 30.3 Å². The number of hydrogen-bond acceptors (Lipinski definition) is 7. The van der Waals surface area contributed by atoms with E-state index in [9.17, 15) is 19.5 Å². The average Bonchev–Trinajstić information content (AvgIpc) is 3.17. The van der Waals surface area contributed by atoms with E-state index in [1.165, 1.54) is 4.90 Å². The summed E-state index contributed by atoms with van der Waals surface area (Å²) in [7, 11) is 0. The summed E-state index contributed by atoms with van der Waals surface area (Å²) in [5.41, 5.74) is 0.181. The number of carbonyl (C=O) groups excluding carboxylic acids is 3. The molecule has 1 aliphatic carbocycles. The third-order valence-corrected chi connectivity index (χ3v) is 9.31. The van der Waals surface area contributed by atoms with Crippen LogP contribution in [0.5, 0.6) is 0 Å².